The van der Waals surface area contributed by atoms with E-state index in [0.29, 0.717) is 17.0 Å². The summed E-state index contributed by atoms with van der Waals surface area (Å²) in [5, 5.41) is 13.4. The number of carbonyl (C=O) groups excluding carboxylic acids is 1. The molecule has 1 aromatic heterocycles. The summed E-state index contributed by atoms with van der Waals surface area (Å²) in [6.45, 7) is 2.30. The molecule has 1 aromatic carbocycles. The van der Waals surface area contributed by atoms with Crippen molar-refractivity contribution < 1.29 is 9.90 Å². The number of nitrogens with one attached hydrogen (secondary N) is 1. The van der Waals surface area contributed by atoms with Crippen molar-refractivity contribution in [3.8, 4) is 11.8 Å². The van der Waals surface area contributed by atoms with Crippen molar-refractivity contribution in [2.24, 2.45) is 0 Å². The minimum absolute atomic E-state index is 0.135. The molecule has 0 saturated carbocycles. The SMILES string of the molecule is Cc1cccc(CNC(=O)c2sccc2C#CCO)c1. The molecule has 2 aromatic rings. The second-order valence-electron chi connectivity index (χ2n) is 4.30. The monoisotopic (exact) mass is 285 g/mol. The summed E-state index contributed by atoms with van der Waals surface area (Å²) in [4.78, 5) is 12.7. The van der Waals surface area contributed by atoms with Gasteiger partial charge in [0.05, 0.1) is 0 Å². The molecule has 2 rings (SSSR count). The van der Waals surface area contributed by atoms with Gasteiger partial charge in [-0.1, -0.05) is 41.7 Å². The number of thiophene rings is 1. The third-order valence-electron chi connectivity index (χ3n) is 2.71. The molecule has 0 atom stereocenters. The molecular weight excluding hydrogens is 270 g/mol. The molecule has 0 aliphatic carbocycles. The van der Waals surface area contributed by atoms with Crippen LogP contribution in [-0.4, -0.2) is 17.6 Å². The first kappa shape index (κ1) is 14.3. The van der Waals surface area contributed by atoms with E-state index in [2.05, 4.69) is 17.2 Å². The van der Waals surface area contributed by atoms with Gasteiger partial charge in [0.2, 0.25) is 0 Å². The smallest absolute Gasteiger partial charge is 0.262 e. The Bertz CT molecular complexity index is 664. The molecule has 0 fully saturated rings. The van der Waals surface area contributed by atoms with E-state index in [4.69, 9.17) is 5.11 Å². The number of hydrogen-bond acceptors (Lipinski definition) is 3. The van der Waals surface area contributed by atoms with E-state index >= 15 is 0 Å². The van der Waals surface area contributed by atoms with Gasteiger partial charge in [-0.2, -0.15) is 0 Å². The average Bonchev–Trinajstić information content (AvgIpc) is 2.91. The average molecular weight is 285 g/mol. The number of benzene rings is 1. The molecule has 0 aliphatic rings. The van der Waals surface area contributed by atoms with Gasteiger partial charge in [0.1, 0.15) is 11.5 Å². The Labute approximate surface area is 122 Å². The fourth-order valence-corrected chi connectivity index (χ4v) is 2.57. The number of hydrogen-bond donors (Lipinski definition) is 2. The van der Waals surface area contributed by atoms with E-state index in [1.165, 1.54) is 16.9 Å². The van der Waals surface area contributed by atoms with Crippen molar-refractivity contribution in [1.82, 2.24) is 5.32 Å². The van der Waals surface area contributed by atoms with E-state index in [1.54, 1.807) is 6.07 Å². The Morgan fingerprint density at radius 2 is 2.25 bits per heavy atom. The van der Waals surface area contributed by atoms with Crippen LogP contribution in [0.15, 0.2) is 35.7 Å². The minimum Gasteiger partial charge on any atom is -0.384 e. The fourth-order valence-electron chi connectivity index (χ4n) is 1.80. The van der Waals surface area contributed by atoms with E-state index in [1.807, 2.05) is 36.6 Å². The topological polar surface area (TPSA) is 49.3 Å². The number of aliphatic hydroxyl groups is 1. The molecule has 0 aliphatic heterocycles. The Balaban J connectivity index is 2.04. The van der Waals surface area contributed by atoms with Crippen LogP contribution in [0.2, 0.25) is 0 Å². The van der Waals surface area contributed by atoms with Gasteiger partial charge in [-0.25, -0.2) is 0 Å². The third kappa shape index (κ3) is 3.70. The number of amides is 1. The van der Waals surface area contributed by atoms with Crippen molar-refractivity contribution in [2.45, 2.75) is 13.5 Å². The lowest BCUT2D eigenvalue weighted by Crippen LogP contribution is -2.22. The highest BCUT2D eigenvalue weighted by molar-refractivity contribution is 7.12. The summed E-state index contributed by atoms with van der Waals surface area (Å²) in [6, 6.07) is 9.80. The van der Waals surface area contributed by atoms with Crippen LogP contribution in [0.25, 0.3) is 0 Å². The largest absolute Gasteiger partial charge is 0.384 e. The van der Waals surface area contributed by atoms with Crippen LogP contribution in [0.3, 0.4) is 0 Å². The Morgan fingerprint density at radius 1 is 1.40 bits per heavy atom. The maximum Gasteiger partial charge on any atom is 0.262 e. The van der Waals surface area contributed by atoms with E-state index in [-0.39, 0.29) is 12.5 Å². The normalized spacial score (nSPS) is 9.70. The molecule has 1 amide bonds. The van der Waals surface area contributed by atoms with E-state index in [9.17, 15) is 4.79 Å². The van der Waals surface area contributed by atoms with Crippen LogP contribution < -0.4 is 5.32 Å². The molecule has 0 unspecified atom stereocenters. The fraction of sp³-hybridized carbons (Fsp3) is 0.188. The third-order valence-corrected chi connectivity index (χ3v) is 3.62. The Kier molecular flexibility index (Phi) is 4.94. The minimum atomic E-state index is -0.208. The first-order valence-electron chi connectivity index (χ1n) is 6.21. The summed E-state index contributed by atoms with van der Waals surface area (Å²) < 4.78 is 0. The highest BCUT2D eigenvalue weighted by Crippen LogP contribution is 2.16. The van der Waals surface area contributed by atoms with E-state index in [0.717, 1.165) is 5.56 Å². The molecule has 1 heterocycles. The van der Waals surface area contributed by atoms with Crippen LogP contribution in [-0.2, 0) is 6.54 Å². The number of rotatable bonds is 3. The summed E-state index contributed by atoms with van der Waals surface area (Å²) in [5.41, 5.74) is 2.89. The van der Waals surface area contributed by atoms with Gasteiger partial charge >= 0.3 is 0 Å². The van der Waals surface area contributed by atoms with Crippen molar-refractivity contribution in [1.29, 1.82) is 0 Å². The molecule has 2 N–H and O–H groups in total. The van der Waals surface area contributed by atoms with Gasteiger partial charge in [-0.05, 0) is 23.9 Å². The predicted molar refractivity (Wildman–Crippen MR) is 80.6 cm³/mol. The van der Waals surface area contributed by atoms with Gasteiger partial charge in [-0.3, -0.25) is 4.79 Å². The Hall–Kier alpha value is -2.09. The second-order valence-corrected chi connectivity index (χ2v) is 5.21. The van der Waals surface area contributed by atoms with Crippen molar-refractivity contribution in [3.05, 3.63) is 57.3 Å². The quantitative estimate of drug-likeness (QED) is 0.850. The van der Waals surface area contributed by atoms with E-state index < -0.39 is 0 Å². The Morgan fingerprint density at radius 3 is 3.00 bits per heavy atom. The first-order chi connectivity index (χ1) is 9.70. The zero-order valence-electron chi connectivity index (χ0n) is 11.1. The van der Waals surface area contributed by atoms with Gasteiger partial charge in [0.15, 0.2) is 0 Å². The lowest BCUT2D eigenvalue weighted by Gasteiger charge is -2.05. The van der Waals surface area contributed by atoms with Gasteiger partial charge in [0, 0.05) is 12.1 Å². The molecule has 4 heteroatoms. The summed E-state index contributed by atoms with van der Waals surface area (Å²) in [6.07, 6.45) is 0. The molecule has 0 saturated heterocycles. The molecule has 3 nitrogen and oxygen atoms in total. The highest BCUT2D eigenvalue weighted by Gasteiger charge is 2.11. The summed E-state index contributed by atoms with van der Waals surface area (Å²) >= 11 is 1.35. The number of aliphatic hydroxyl groups excluding tert-OH is 1. The summed E-state index contributed by atoms with van der Waals surface area (Å²) in [7, 11) is 0. The molecule has 0 radical (unpaired) electrons. The first-order valence-corrected chi connectivity index (χ1v) is 7.09. The molecule has 20 heavy (non-hydrogen) atoms. The van der Waals surface area contributed by atoms with Crippen molar-refractivity contribution in [3.63, 3.8) is 0 Å². The zero-order valence-corrected chi connectivity index (χ0v) is 12.0. The molecule has 102 valence electrons. The lowest BCUT2D eigenvalue weighted by atomic mass is 10.1. The zero-order chi connectivity index (χ0) is 14.4. The molecular formula is C16H15NO2S. The van der Waals surface area contributed by atoms with Crippen LogP contribution in [0.1, 0.15) is 26.4 Å². The lowest BCUT2D eigenvalue weighted by molar-refractivity contribution is 0.0954. The van der Waals surface area contributed by atoms with Crippen LogP contribution in [0.4, 0.5) is 0 Å². The molecule has 0 spiro atoms. The van der Waals surface area contributed by atoms with Crippen LogP contribution in [0, 0.1) is 18.8 Å². The maximum absolute atomic E-state index is 12.1. The number of carbonyl (C=O) groups is 1. The highest BCUT2D eigenvalue weighted by atomic mass is 32.1. The van der Waals surface area contributed by atoms with Crippen molar-refractivity contribution >= 4 is 17.2 Å². The van der Waals surface area contributed by atoms with Crippen LogP contribution >= 0.6 is 11.3 Å². The predicted octanol–water partition coefficient (Wildman–Crippen LogP) is 2.33. The van der Waals surface area contributed by atoms with Crippen molar-refractivity contribution in [2.75, 3.05) is 6.61 Å². The van der Waals surface area contributed by atoms with Gasteiger partial charge < -0.3 is 10.4 Å². The van der Waals surface area contributed by atoms with Gasteiger partial charge in [0.25, 0.3) is 5.91 Å². The standard InChI is InChI=1S/C16H15NO2S/c1-12-4-2-5-13(10-12)11-17-16(19)15-14(6-3-8-18)7-9-20-15/h2,4-5,7,9-10,18H,8,11H2,1H3,(H,17,19). The van der Waals surface area contributed by atoms with Crippen LogP contribution in [0.5, 0.6) is 0 Å². The maximum atomic E-state index is 12.1. The molecule has 0 bridgehead atoms. The number of aryl methyl sites for hydroxylation is 1. The summed E-state index contributed by atoms with van der Waals surface area (Å²) in [5.74, 6) is 5.20. The van der Waals surface area contributed by atoms with Gasteiger partial charge in [-0.15, -0.1) is 11.3 Å². The second kappa shape index (κ2) is 6.90.